The number of carbonyl (C=O) groups excluding carboxylic acids is 4. The number of nitrogens with one attached hydrogen (secondary N) is 1. The van der Waals surface area contributed by atoms with E-state index in [9.17, 15) is 19.2 Å². The van der Waals surface area contributed by atoms with Crippen LogP contribution in [0.25, 0.3) is 0 Å². The molecule has 0 aliphatic carbocycles. The summed E-state index contributed by atoms with van der Waals surface area (Å²) in [5.74, 6) is 5.89. The summed E-state index contributed by atoms with van der Waals surface area (Å²) in [4.78, 5) is 55.2. The van der Waals surface area contributed by atoms with Gasteiger partial charge < -0.3 is 20.3 Å². The number of fused-ring (bicyclic) bond motifs is 1. The van der Waals surface area contributed by atoms with Crippen molar-refractivity contribution in [3.8, 4) is 17.6 Å². The van der Waals surface area contributed by atoms with Crippen molar-refractivity contribution >= 4 is 29.3 Å². The van der Waals surface area contributed by atoms with Gasteiger partial charge in [-0.25, -0.2) is 0 Å². The van der Waals surface area contributed by atoms with Gasteiger partial charge in [-0.15, -0.1) is 0 Å². The molecule has 3 aliphatic rings. The first-order valence-corrected chi connectivity index (χ1v) is 12.6. The van der Waals surface area contributed by atoms with Crippen molar-refractivity contribution in [1.29, 1.82) is 0 Å². The van der Waals surface area contributed by atoms with E-state index in [1.54, 1.807) is 30.3 Å². The first kappa shape index (κ1) is 25.3. The van der Waals surface area contributed by atoms with Gasteiger partial charge in [0, 0.05) is 55.8 Å². The first-order valence-electron chi connectivity index (χ1n) is 12.6. The number of nitrogen functional groups attached to an aromatic ring is 1. The minimum Gasteiger partial charge on any atom is -0.495 e. The van der Waals surface area contributed by atoms with E-state index >= 15 is 0 Å². The Bertz CT molecular complexity index is 1370. The fourth-order valence-electron chi connectivity index (χ4n) is 5.09. The summed E-state index contributed by atoms with van der Waals surface area (Å²) in [6.45, 7) is 3.39. The van der Waals surface area contributed by atoms with Gasteiger partial charge in [0.25, 0.3) is 11.8 Å². The maximum atomic E-state index is 13.0. The van der Waals surface area contributed by atoms with Crippen LogP contribution in [0, 0.1) is 11.8 Å². The minimum absolute atomic E-state index is 0.0564. The highest BCUT2D eigenvalue weighted by atomic mass is 16.5. The average Bonchev–Trinajstić information content (AvgIpc) is 3.26. The molecule has 2 fully saturated rings. The van der Waals surface area contributed by atoms with Gasteiger partial charge in [-0.2, -0.15) is 0 Å². The molecule has 3 aliphatic heterocycles. The highest BCUT2D eigenvalue weighted by Crippen LogP contribution is 2.29. The number of carbonyl (C=O) groups is 4. The molecule has 2 aromatic carbocycles. The topological polar surface area (TPSA) is 125 Å². The van der Waals surface area contributed by atoms with E-state index in [0.29, 0.717) is 68.3 Å². The number of anilines is 1. The lowest BCUT2D eigenvalue weighted by Crippen LogP contribution is -2.52. The summed E-state index contributed by atoms with van der Waals surface area (Å²) in [5, 5.41) is 2.33. The quantitative estimate of drug-likeness (QED) is 0.351. The number of rotatable bonds is 4. The lowest BCUT2D eigenvalue weighted by molar-refractivity contribution is -0.136. The minimum atomic E-state index is -0.651. The van der Waals surface area contributed by atoms with Crippen LogP contribution in [0.1, 0.15) is 44.7 Å². The maximum absolute atomic E-state index is 13.0. The zero-order chi connectivity index (χ0) is 26.8. The number of benzene rings is 2. The summed E-state index contributed by atoms with van der Waals surface area (Å²) in [5.41, 5.74) is 9.01. The summed E-state index contributed by atoms with van der Waals surface area (Å²) in [6, 6.07) is 9.83. The number of nitrogens with two attached hydrogens (primary N) is 1. The van der Waals surface area contributed by atoms with Crippen molar-refractivity contribution in [2.75, 3.05) is 45.6 Å². The Morgan fingerprint density at radius 3 is 2.66 bits per heavy atom. The van der Waals surface area contributed by atoms with Crippen molar-refractivity contribution in [2.45, 2.75) is 25.4 Å². The molecule has 2 aromatic rings. The molecule has 3 heterocycles. The molecule has 0 aromatic heterocycles. The van der Waals surface area contributed by atoms with Gasteiger partial charge in [-0.1, -0.05) is 17.9 Å². The van der Waals surface area contributed by atoms with E-state index in [1.807, 2.05) is 11.0 Å². The van der Waals surface area contributed by atoms with Gasteiger partial charge in [0.1, 0.15) is 11.8 Å². The second-order valence-corrected chi connectivity index (χ2v) is 9.56. The Balaban J connectivity index is 1.19. The van der Waals surface area contributed by atoms with Crippen molar-refractivity contribution < 1.29 is 23.9 Å². The Morgan fingerprint density at radius 2 is 1.92 bits per heavy atom. The second-order valence-electron chi connectivity index (χ2n) is 9.56. The standard InChI is InChI=1S/C28H29N5O5/c1-38-24-16-19(7-8-22(24)29)27(36)32-14-12-31(13-15-32)11-3-5-18-4-2-6-20-21(18)17-33(28(20)37)23-9-10-25(34)30-26(23)35/h2,4,6-8,16,23H,9-15,17,29H2,1H3,(H,30,34,35). The van der Waals surface area contributed by atoms with Gasteiger partial charge in [-0.3, -0.25) is 29.4 Å². The van der Waals surface area contributed by atoms with Crippen LogP contribution in [-0.2, 0) is 16.1 Å². The Morgan fingerprint density at radius 1 is 1.13 bits per heavy atom. The molecule has 0 bridgehead atoms. The number of methoxy groups -OCH3 is 1. The molecule has 38 heavy (non-hydrogen) atoms. The zero-order valence-corrected chi connectivity index (χ0v) is 21.2. The molecular weight excluding hydrogens is 486 g/mol. The normalized spacial score (nSPS) is 19.5. The van der Waals surface area contributed by atoms with E-state index in [-0.39, 0.29) is 24.1 Å². The van der Waals surface area contributed by atoms with Gasteiger partial charge in [0.2, 0.25) is 11.8 Å². The molecular formula is C28H29N5O5. The third kappa shape index (κ3) is 4.93. The monoisotopic (exact) mass is 515 g/mol. The van der Waals surface area contributed by atoms with Crippen molar-refractivity contribution in [3.05, 3.63) is 58.7 Å². The number of piperazine rings is 1. The highest BCUT2D eigenvalue weighted by Gasteiger charge is 2.39. The third-order valence-electron chi connectivity index (χ3n) is 7.25. The average molecular weight is 516 g/mol. The first-order chi connectivity index (χ1) is 18.4. The molecule has 4 amide bonds. The number of imide groups is 1. The number of piperidine rings is 1. The van der Waals surface area contributed by atoms with Crippen LogP contribution in [0.15, 0.2) is 36.4 Å². The summed E-state index contributed by atoms with van der Waals surface area (Å²) in [6.07, 6.45) is 0.544. The summed E-state index contributed by atoms with van der Waals surface area (Å²) >= 11 is 0. The van der Waals surface area contributed by atoms with Crippen LogP contribution in [-0.4, -0.2) is 84.2 Å². The van der Waals surface area contributed by atoms with Crippen molar-refractivity contribution in [1.82, 2.24) is 20.0 Å². The van der Waals surface area contributed by atoms with Crippen LogP contribution in [0.4, 0.5) is 5.69 Å². The molecule has 3 N–H and O–H groups in total. The predicted molar refractivity (Wildman–Crippen MR) is 139 cm³/mol. The predicted octanol–water partition coefficient (Wildman–Crippen LogP) is 0.848. The number of amides is 4. The Labute approximate surface area is 220 Å². The molecule has 10 heteroatoms. The number of nitrogens with zero attached hydrogens (tertiary/aromatic N) is 3. The third-order valence-corrected chi connectivity index (χ3v) is 7.25. The Hall–Kier alpha value is -4.36. The SMILES string of the molecule is COc1cc(C(=O)N2CCN(CC#Cc3cccc4c3CN(C3CCC(=O)NC3=O)C4=O)CC2)ccc1N. The maximum Gasteiger partial charge on any atom is 0.255 e. The van der Waals surface area contributed by atoms with E-state index in [0.717, 1.165) is 11.1 Å². The van der Waals surface area contributed by atoms with Gasteiger partial charge in [0.05, 0.1) is 19.3 Å². The molecule has 0 spiro atoms. The van der Waals surface area contributed by atoms with Crippen LogP contribution in [0.3, 0.4) is 0 Å². The van der Waals surface area contributed by atoms with Crippen molar-refractivity contribution in [3.63, 3.8) is 0 Å². The van der Waals surface area contributed by atoms with Crippen LogP contribution < -0.4 is 15.8 Å². The van der Waals surface area contributed by atoms with E-state index < -0.39 is 11.9 Å². The number of hydrogen-bond acceptors (Lipinski definition) is 7. The largest absolute Gasteiger partial charge is 0.495 e. The summed E-state index contributed by atoms with van der Waals surface area (Å²) in [7, 11) is 1.52. The van der Waals surface area contributed by atoms with Gasteiger partial charge in [-0.05, 0) is 42.3 Å². The van der Waals surface area contributed by atoms with Gasteiger partial charge in [0.15, 0.2) is 0 Å². The number of ether oxygens (including phenoxy) is 1. The fourth-order valence-corrected chi connectivity index (χ4v) is 5.09. The highest BCUT2D eigenvalue weighted by molar-refractivity contribution is 6.05. The summed E-state index contributed by atoms with van der Waals surface area (Å²) < 4.78 is 5.23. The molecule has 2 saturated heterocycles. The zero-order valence-electron chi connectivity index (χ0n) is 21.2. The molecule has 196 valence electrons. The molecule has 5 rings (SSSR count). The lowest BCUT2D eigenvalue weighted by Gasteiger charge is -2.33. The lowest BCUT2D eigenvalue weighted by atomic mass is 10.0. The van der Waals surface area contributed by atoms with Gasteiger partial charge >= 0.3 is 0 Å². The van der Waals surface area contributed by atoms with Crippen LogP contribution in [0.5, 0.6) is 5.75 Å². The molecule has 1 unspecified atom stereocenters. The van der Waals surface area contributed by atoms with Crippen LogP contribution in [0.2, 0.25) is 0 Å². The van der Waals surface area contributed by atoms with E-state index in [2.05, 4.69) is 22.1 Å². The Kier molecular flexibility index (Phi) is 7.03. The van der Waals surface area contributed by atoms with E-state index in [1.165, 1.54) is 12.0 Å². The fraction of sp³-hybridized carbons (Fsp3) is 0.357. The van der Waals surface area contributed by atoms with Crippen LogP contribution >= 0.6 is 0 Å². The smallest absolute Gasteiger partial charge is 0.255 e. The molecule has 10 nitrogen and oxygen atoms in total. The van der Waals surface area contributed by atoms with Crippen molar-refractivity contribution in [2.24, 2.45) is 0 Å². The molecule has 0 saturated carbocycles. The molecule has 1 atom stereocenters. The second kappa shape index (κ2) is 10.6. The number of hydrogen-bond donors (Lipinski definition) is 2. The molecule has 0 radical (unpaired) electrons. The van der Waals surface area contributed by atoms with E-state index in [4.69, 9.17) is 10.5 Å².